The van der Waals surface area contributed by atoms with Crippen molar-refractivity contribution in [3.8, 4) is 17.1 Å². The Morgan fingerprint density at radius 2 is 2.00 bits per heavy atom. The second-order valence-corrected chi connectivity index (χ2v) is 5.11. The van der Waals surface area contributed by atoms with E-state index < -0.39 is 5.97 Å². The number of carboxylic acids is 1. The molecule has 0 unspecified atom stereocenters. The van der Waals surface area contributed by atoms with Gasteiger partial charge in [-0.15, -0.1) is 0 Å². The lowest BCUT2D eigenvalue weighted by Gasteiger charge is -2.09. The molecule has 0 amide bonds. The second kappa shape index (κ2) is 6.36. The van der Waals surface area contributed by atoms with Crippen LogP contribution in [0.2, 0.25) is 0 Å². The maximum atomic E-state index is 10.9. The predicted molar refractivity (Wildman–Crippen MR) is 86.7 cm³/mol. The van der Waals surface area contributed by atoms with Crippen LogP contribution in [0.15, 0.2) is 60.9 Å². The summed E-state index contributed by atoms with van der Waals surface area (Å²) < 4.78 is 7.27. The summed E-state index contributed by atoms with van der Waals surface area (Å²) in [7, 11) is 1.63. The summed E-state index contributed by atoms with van der Waals surface area (Å²) in [5, 5.41) is 8.95. The zero-order chi connectivity index (χ0) is 16.2. The molecule has 3 aromatic rings. The van der Waals surface area contributed by atoms with E-state index >= 15 is 0 Å². The predicted octanol–water partition coefficient (Wildman–Crippen LogP) is 3.31. The van der Waals surface area contributed by atoms with Gasteiger partial charge in [0, 0.05) is 24.5 Å². The molecular formula is C18H16N2O3. The molecule has 0 aliphatic rings. The van der Waals surface area contributed by atoms with Gasteiger partial charge in [0.15, 0.2) is 0 Å². The van der Waals surface area contributed by atoms with Crippen molar-refractivity contribution < 1.29 is 14.6 Å². The van der Waals surface area contributed by atoms with Gasteiger partial charge in [0.1, 0.15) is 11.6 Å². The van der Waals surface area contributed by atoms with Gasteiger partial charge in [-0.25, -0.2) is 9.78 Å². The van der Waals surface area contributed by atoms with Crippen LogP contribution in [0.25, 0.3) is 11.4 Å². The Balaban J connectivity index is 1.87. The summed E-state index contributed by atoms with van der Waals surface area (Å²) in [5.74, 6) is 0.699. The number of methoxy groups -OCH3 is 1. The van der Waals surface area contributed by atoms with Crippen LogP contribution in [0.1, 0.15) is 15.9 Å². The molecule has 0 fully saturated rings. The van der Waals surface area contributed by atoms with E-state index in [1.807, 2.05) is 47.2 Å². The normalized spacial score (nSPS) is 10.5. The lowest BCUT2D eigenvalue weighted by atomic mass is 10.1. The van der Waals surface area contributed by atoms with E-state index in [9.17, 15) is 4.79 Å². The third-order valence-electron chi connectivity index (χ3n) is 3.60. The Kier molecular flexibility index (Phi) is 4.10. The first-order valence-electron chi connectivity index (χ1n) is 7.15. The summed E-state index contributed by atoms with van der Waals surface area (Å²) in [4.78, 5) is 15.3. The van der Waals surface area contributed by atoms with E-state index in [-0.39, 0.29) is 5.56 Å². The molecule has 0 aliphatic carbocycles. The van der Waals surface area contributed by atoms with E-state index in [0.717, 1.165) is 22.7 Å². The van der Waals surface area contributed by atoms with Crippen LogP contribution in [0, 0.1) is 0 Å². The van der Waals surface area contributed by atoms with Crippen molar-refractivity contribution in [2.75, 3.05) is 7.11 Å². The van der Waals surface area contributed by atoms with Gasteiger partial charge >= 0.3 is 5.97 Å². The van der Waals surface area contributed by atoms with Crippen LogP contribution in [-0.4, -0.2) is 27.7 Å². The highest BCUT2D eigenvalue weighted by molar-refractivity contribution is 5.87. The molecule has 3 rings (SSSR count). The SMILES string of the molecule is COc1cccc(-c2nccn2Cc2ccc(C(=O)O)cc2)c1. The third kappa shape index (κ3) is 3.23. The number of aromatic carboxylic acids is 1. The van der Waals surface area contributed by atoms with Crippen molar-refractivity contribution in [3.05, 3.63) is 72.1 Å². The zero-order valence-corrected chi connectivity index (χ0v) is 12.6. The number of ether oxygens (including phenoxy) is 1. The molecule has 1 aromatic heterocycles. The van der Waals surface area contributed by atoms with Crippen LogP contribution >= 0.6 is 0 Å². The molecule has 0 radical (unpaired) electrons. The van der Waals surface area contributed by atoms with Crippen LogP contribution < -0.4 is 4.74 Å². The largest absolute Gasteiger partial charge is 0.497 e. The highest BCUT2D eigenvalue weighted by Gasteiger charge is 2.08. The van der Waals surface area contributed by atoms with Crippen molar-refractivity contribution in [2.24, 2.45) is 0 Å². The van der Waals surface area contributed by atoms with Crippen LogP contribution in [0.4, 0.5) is 0 Å². The molecule has 116 valence electrons. The number of aromatic nitrogens is 2. The Labute approximate surface area is 133 Å². The van der Waals surface area contributed by atoms with Crippen molar-refractivity contribution in [1.29, 1.82) is 0 Å². The van der Waals surface area contributed by atoms with E-state index in [4.69, 9.17) is 9.84 Å². The van der Waals surface area contributed by atoms with Gasteiger partial charge in [0.05, 0.1) is 12.7 Å². The van der Waals surface area contributed by atoms with Gasteiger partial charge in [0.25, 0.3) is 0 Å². The minimum atomic E-state index is -0.920. The maximum absolute atomic E-state index is 10.9. The maximum Gasteiger partial charge on any atom is 0.335 e. The third-order valence-corrected chi connectivity index (χ3v) is 3.60. The fourth-order valence-corrected chi connectivity index (χ4v) is 2.41. The number of carbonyl (C=O) groups is 1. The van der Waals surface area contributed by atoms with Gasteiger partial charge < -0.3 is 14.4 Å². The smallest absolute Gasteiger partial charge is 0.335 e. The number of rotatable bonds is 5. The van der Waals surface area contributed by atoms with Gasteiger partial charge in [-0.05, 0) is 29.8 Å². The Hall–Kier alpha value is -3.08. The minimum Gasteiger partial charge on any atom is -0.497 e. The fourth-order valence-electron chi connectivity index (χ4n) is 2.41. The Morgan fingerprint density at radius 3 is 2.70 bits per heavy atom. The molecule has 0 atom stereocenters. The van der Waals surface area contributed by atoms with Crippen LogP contribution in [0.5, 0.6) is 5.75 Å². The molecule has 0 bridgehead atoms. The number of carboxylic acid groups (broad SMARTS) is 1. The van der Waals surface area contributed by atoms with Crippen LogP contribution in [0.3, 0.4) is 0 Å². The first kappa shape index (κ1) is 14.8. The molecule has 23 heavy (non-hydrogen) atoms. The van der Waals surface area contributed by atoms with Crippen molar-refractivity contribution in [3.63, 3.8) is 0 Å². The second-order valence-electron chi connectivity index (χ2n) is 5.11. The van der Waals surface area contributed by atoms with Crippen LogP contribution in [-0.2, 0) is 6.54 Å². The lowest BCUT2D eigenvalue weighted by molar-refractivity contribution is 0.0697. The van der Waals surface area contributed by atoms with E-state index in [0.29, 0.717) is 6.54 Å². The first-order valence-corrected chi connectivity index (χ1v) is 7.15. The van der Waals surface area contributed by atoms with Gasteiger partial charge in [-0.2, -0.15) is 0 Å². The summed E-state index contributed by atoms with van der Waals surface area (Å²) in [6.45, 7) is 0.618. The zero-order valence-electron chi connectivity index (χ0n) is 12.6. The molecular weight excluding hydrogens is 292 g/mol. The molecule has 0 saturated carbocycles. The summed E-state index contributed by atoms with van der Waals surface area (Å²) in [6, 6.07) is 14.6. The van der Waals surface area contributed by atoms with Crippen molar-refractivity contribution >= 4 is 5.97 Å². The topological polar surface area (TPSA) is 64.4 Å². The van der Waals surface area contributed by atoms with E-state index in [1.54, 1.807) is 25.4 Å². The average Bonchev–Trinajstić information content (AvgIpc) is 3.03. The number of imidazole rings is 1. The summed E-state index contributed by atoms with van der Waals surface area (Å²) in [5.41, 5.74) is 2.26. The monoisotopic (exact) mass is 308 g/mol. The molecule has 2 aromatic carbocycles. The first-order chi connectivity index (χ1) is 11.2. The molecule has 5 nitrogen and oxygen atoms in total. The van der Waals surface area contributed by atoms with Gasteiger partial charge in [-0.1, -0.05) is 24.3 Å². The summed E-state index contributed by atoms with van der Waals surface area (Å²) >= 11 is 0. The number of hydrogen-bond donors (Lipinski definition) is 1. The highest BCUT2D eigenvalue weighted by atomic mass is 16.5. The molecule has 0 saturated heterocycles. The van der Waals surface area contributed by atoms with E-state index in [2.05, 4.69) is 4.98 Å². The lowest BCUT2D eigenvalue weighted by Crippen LogP contribution is -2.02. The highest BCUT2D eigenvalue weighted by Crippen LogP contribution is 2.23. The standard InChI is InChI=1S/C18H16N2O3/c1-23-16-4-2-3-15(11-16)17-19-9-10-20(17)12-13-5-7-14(8-6-13)18(21)22/h2-11H,12H2,1H3,(H,21,22). The average molecular weight is 308 g/mol. The quantitative estimate of drug-likeness (QED) is 0.785. The number of nitrogens with zero attached hydrogens (tertiary/aromatic N) is 2. The van der Waals surface area contributed by atoms with Crippen molar-refractivity contribution in [1.82, 2.24) is 9.55 Å². The summed E-state index contributed by atoms with van der Waals surface area (Å²) in [6.07, 6.45) is 3.65. The van der Waals surface area contributed by atoms with E-state index in [1.165, 1.54) is 0 Å². The minimum absolute atomic E-state index is 0.285. The number of benzene rings is 2. The van der Waals surface area contributed by atoms with Crippen molar-refractivity contribution in [2.45, 2.75) is 6.54 Å². The molecule has 0 spiro atoms. The molecule has 1 heterocycles. The Morgan fingerprint density at radius 1 is 1.22 bits per heavy atom. The number of hydrogen-bond acceptors (Lipinski definition) is 3. The molecule has 5 heteroatoms. The van der Waals surface area contributed by atoms with Gasteiger partial charge in [0.2, 0.25) is 0 Å². The Bertz CT molecular complexity index is 822. The van der Waals surface area contributed by atoms with Gasteiger partial charge in [-0.3, -0.25) is 0 Å². The molecule has 0 aliphatic heterocycles. The fraction of sp³-hybridized carbons (Fsp3) is 0.111. The molecule has 1 N–H and O–H groups in total.